The smallest absolute Gasteiger partial charge is 0.120 e. The molecule has 0 fully saturated rings. The molecule has 0 aliphatic rings. The number of likely N-dealkylation sites (N-methyl/N-ethyl adjacent to an activating group) is 1. The van der Waals surface area contributed by atoms with Crippen LogP contribution in [0.15, 0.2) is 22.7 Å². The Labute approximate surface area is 92.2 Å². The van der Waals surface area contributed by atoms with Gasteiger partial charge in [0.2, 0.25) is 0 Å². The lowest BCUT2D eigenvalue weighted by Gasteiger charge is -2.12. The highest BCUT2D eigenvalue weighted by molar-refractivity contribution is 9.10. The summed E-state index contributed by atoms with van der Waals surface area (Å²) >= 11 is 3.39. The first-order valence-corrected chi connectivity index (χ1v) is 5.14. The van der Waals surface area contributed by atoms with Crippen molar-refractivity contribution in [3.63, 3.8) is 0 Å². The van der Waals surface area contributed by atoms with Gasteiger partial charge in [-0.3, -0.25) is 0 Å². The number of ether oxygens (including phenoxy) is 1. The molecule has 14 heavy (non-hydrogen) atoms. The molecule has 1 atom stereocenters. The number of methoxy groups -OCH3 is 1. The molecule has 1 rings (SSSR count). The third-order valence-electron chi connectivity index (χ3n) is 1.96. The molecular weight excluding hydrogens is 246 g/mol. The van der Waals surface area contributed by atoms with Crippen LogP contribution in [-0.2, 0) is 0 Å². The Morgan fingerprint density at radius 2 is 2.29 bits per heavy atom. The Bertz CT molecular complexity index is 304. The van der Waals surface area contributed by atoms with Crippen LogP contribution < -0.4 is 10.1 Å². The fourth-order valence-electron chi connectivity index (χ4n) is 1.21. The fraction of sp³-hybridized carbons (Fsp3) is 0.400. The second-order valence-electron chi connectivity index (χ2n) is 2.96. The van der Waals surface area contributed by atoms with E-state index in [1.54, 1.807) is 14.2 Å². The summed E-state index contributed by atoms with van der Waals surface area (Å²) < 4.78 is 5.92. The van der Waals surface area contributed by atoms with E-state index in [4.69, 9.17) is 4.74 Å². The van der Waals surface area contributed by atoms with Gasteiger partial charge in [-0.2, -0.15) is 0 Å². The molecule has 1 aromatic carbocycles. The molecule has 0 aliphatic heterocycles. The number of aliphatic hydroxyl groups is 1. The number of nitrogens with one attached hydrogen (secondary N) is 1. The summed E-state index contributed by atoms with van der Waals surface area (Å²) in [7, 11) is 3.42. The maximum Gasteiger partial charge on any atom is 0.120 e. The van der Waals surface area contributed by atoms with Crippen molar-refractivity contribution in [2.45, 2.75) is 6.10 Å². The molecule has 0 saturated carbocycles. The average molecular weight is 260 g/mol. The summed E-state index contributed by atoms with van der Waals surface area (Å²) in [6.07, 6.45) is -0.500. The highest BCUT2D eigenvalue weighted by atomic mass is 79.9. The molecule has 0 aliphatic carbocycles. The summed E-state index contributed by atoms with van der Waals surface area (Å²) in [5, 5.41) is 12.7. The summed E-state index contributed by atoms with van der Waals surface area (Å²) in [4.78, 5) is 0. The van der Waals surface area contributed by atoms with Crippen LogP contribution in [0.4, 0.5) is 0 Å². The number of hydrogen-bond acceptors (Lipinski definition) is 3. The normalized spacial score (nSPS) is 12.6. The molecule has 0 bridgehead atoms. The summed E-state index contributed by atoms with van der Waals surface area (Å²) in [6, 6.07) is 5.53. The van der Waals surface area contributed by atoms with Crippen molar-refractivity contribution in [2.75, 3.05) is 20.7 Å². The SMILES string of the molecule is CNCC(O)c1ccc(OC)cc1Br. The summed E-state index contributed by atoms with van der Waals surface area (Å²) in [5.74, 6) is 0.775. The van der Waals surface area contributed by atoms with Crippen LogP contribution in [0.2, 0.25) is 0 Å². The lowest BCUT2D eigenvalue weighted by molar-refractivity contribution is 0.177. The monoisotopic (exact) mass is 259 g/mol. The van der Waals surface area contributed by atoms with Crippen LogP contribution in [0.3, 0.4) is 0 Å². The Balaban J connectivity index is 2.88. The van der Waals surface area contributed by atoms with Crippen molar-refractivity contribution in [3.05, 3.63) is 28.2 Å². The van der Waals surface area contributed by atoms with E-state index in [1.807, 2.05) is 18.2 Å². The van der Waals surface area contributed by atoms with Crippen molar-refractivity contribution in [2.24, 2.45) is 0 Å². The molecule has 0 aromatic heterocycles. The molecule has 78 valence electrons. The molecule has 0 spiro atoms. The second-order valence-corrected chi connectivity index (χ2v) is 3.82. The van der Waals surface area contributed by atoms with Gasteiger partial charge in [-0.1, -0.05) is 22.0 Å². The Morgan fingerprint density at radius 3 is 2.79 bits per heavy atom. The molecule has 1 aromatic rings. The number of rotatable bonds is 4. The van der Waals surface area contributed by atoms with Gasteiger partial charge in [-0.05, 0) is 24.7 Å². The van der Waals surface area contributed by atoms with Crippen molar-refractivity contribution in [1.29, 1.82) is 0 Å². The summed E-state index contributed by atoms with van der Waals surface area (Å²) in [5.41, 5.74) is 0.861. The molecule has 4 heteroatoms. The zero-order valence-electron chi connectivity index (χ0n) is 8.25. The highest BCUT2D eigenvalue weighted by Gasteiger charge is 2.10. The minimum Gasteiger partial charge on any atom is -0.497 e. The van der Waals surface area contributed by atoms with Crippen molar-refractivity contribution in [3.8, 4) is 5.75 Å². The van der Waals surface area contributed by atoms with Crippen LogP contribution >= 0.6 is 15.9 Å². The fourth-order valence-corrected chi connectivity index (χ4v) is 1.83. The Kier molecular flexibility index (Phi) is 4.38. The van der Waals surface area contributed by atoms with E-state index in [9.17, 15) is 5.11 Å². The molecule has 0 saturated heterocycles. The standard InChI is InChI=1S/C10H14BrNO2/c1-12-6-10(13)8-4-3-7(14-2)5-9(8)11/h3-5,10,12-13H,6H2,1-2H3. The first-order valence-electron chi connectivity index (χ1n) is 4.35. The first kappa shape index (κ1) is 11.5. The van der Waals surface area contributed by atoms with Crippen LogP contribution in [0, 0.1) is 0 Å². The molecule has 0 amide bonds. The van der Waals surface area contributed by atoms with Crippen molar-refractivity contribution in [1.82, 2.24) is 5.32 Å². The molecule has 2 N–H and O–H groups in total. The van der Waals surface area contributed by atoms with Gasteiger partial charge in [0.25, 0.3) is 0 Å². The quantitative estimate of drug-likeness (QED) is 0.866. The Hall–Kier alpha value is -0.580. The van der Waals surface area contributed by atoms with Crippen LogP contribution in [0.1, 0.15) is 11.7 Å². The van der Waals surface area contributed by atoms with Gasteiger partial charge in [0, 0.05) is 11.0 Å². The predicted molar refractivity (Wildman–Crippen MR) is 59.6 cm³/mol. The maximum atomic E-state index is 9.73. The van der Waals surface area contributed by atoms with Gasteiger partial charge in [0.05, 0.1) is 13.2 Å². The van der Waals surface area contributed by atoms with Gasteiger partial charge < -0.3 is 15.2 Å². The van der Waals surface area contributed by atoms with E-state index in [0.29, 0.717) is 6.54 Å². The van der Waals surface area contributed by atoms with E-state index < -0.39 is 6.10 Å². The second kappa shape index (κ2) is 5.34. The topological polar surface area (TPSA) is 41.5 Å². The predicted octanol–water partition coefficient (Wildman–Crippen LogP) is 1.71. The number of aliphatic hydroxyl groups excluding tert-OH is 1. The molecular formula is C10H14BrNO2. The van der Waals surface area contributed by atoms with Gasteiger partial charge in [-0.25, -0.2) is 0 Å². The Morgan fingerprint density at radius 1 is 1.57 bits per heavy atom. The average Bonchev–Trinajstić information content (AvgIpc) is 2.17. The summed E-state index contributed by atoms with van der Waals surface area (Å²) in [6.45, 7) is 0.533. The van der Waals surface area contributed by atoms with Crippen LogP contribution in [0.5, 0.6) is 5.75 Å². The molecule has 1 unspecified atom stereocenters. The zero-order valence-corrected chi connectivity index (χ0v) is 9.84. The molecule has 0 radical (unpaired) electrons. The molecule has 3 nitrogen and oxygen atoms in total. The van der Waals surface area contributed by atoms with Gasteiger partial charge >= 0.3 is 0 Å². The van der Waals surface area contributed by atoms with E-state index in [2.05, 4.69) is 21.2 Å². The first-order chi connectivity index (χ1) is 6.69. The van der Waals surface area contributed by atoms with E-state index in [0.717, 1.165) is 15.8 Å². The van der Waals surface area contributed by atoms with E-state index in [1.165, 1.54) is 0 Å². The van der Waals surface area contributed by atoms with Gasteiger partial charge in [0.15, 0.2) is 0 Å². The minimum atomic E-state index is -0.500. The van der Waals surface area contributed by atoms with E-state index in [-0.39, 0.29) is 0 Å². The zero-order chi connectivity index (χ0) is 10.6. The van der Waals surface area contributed by atoms with Crippen LogP contribution in [0.25, 0.3) is 0 Å². The number of hydrogen-bond donors (Lipinski definition) is 2. The van der Waals surface area contributed by atoms with E-state index >= 15 is 0 Å². The third-order valence-corrected chi connectivity index (χ3v) is 2.65. The highest BCUT2D eigenvalue weighted by Crippen LogP contribution is 2.27. The minimum absolute atomic E-state index is 0.500. The third kappa shape index (κ3) is 2.70. The van der Waals surface area contributed by atoms with Crippen molar-refractivity contribution >= 4 is 15.9 Å². The maximum absolute atomic E-state index is 9.73. The largest absolute Gasteiger partial charge is 0.497 e. The number of benzene rings is 1. The number of halogens is 1. The lowest BCUT2D eigenvalue weighted by Crippen LogP contribution is -2.16. The van der Waals surface area contributed by atoms with Gasteiger partial charge in [-0.15, -0.1) is 0 Å². The van der Waals surface area contributed by atoms with Crippen LogP contribution in [-0.4, -0.2) is 25.8 Å². The lowest BCUT2D eigenvalue weighted by atomic mass is 10.1. The van der Waals surface area contributed by atoms with Crippen molar-refractivity contribution < 1.29 is 9.84 Å². The van der Waals surface area contributed by atoms with Gasteiger partial charge in [0.1, 0.15) is 5.75 Å². The molecule has 0 heterocycles.